The van der Waals surface area contributed by atoms with Gasteiger partial charge in [-0.15, -0.1) is 22.7 Å². The van der Waals surface area contributed by atoms with Crippen molar-refractivity contribution in [3.8, 4) is 11.1 Å². The average molecular weight is 524 g/mol. The molecule has 5 rings (SSSR count). The van der Waals surface area contributed by atoms with E-state index in [0.29, 0.717) is 27.6 Å². The van der Waals surface area contributed by atoms with E-state index >= 15 is 0 Å². The number of piperidine rings is 1. The van der Waals surface area contributed by atoms with Crippen LogP contribution in [0.5, 0.6) is 0 Å². The fourth-order valence-corrected chi connectivity index (χ4v) is 6.58. The number of carbonyl (C=O) groups is 2. The van der Waals surface area contributed by atoms with Gasteiger partial charge < -0.3 is 10.1 Å². The maximum Gasteiger partial charge on any atom is 0.341 e. The van der Waals surface area contributed by atoms with Gasteiger partial charge in [-0.25, -0.2) is 14.2 Å². The minimum absolute atomic E-state index is 0.175. The summed E-state index contributed by atoms with van der Waals surface area (Å²) in [5, 5.41) is 6.32. The van der Waals surface area contributed by atoms with E-state index in [0.717, 1.165) is 31.4 Å². The van der Waals surface area contributed by atoms with Gasteiger partial charge in [0.1, 0.15) is 16.4 Å². The Bertz CT molecular complexity index is 1340. The second-order valence-corrected chi connectivity index (χ2v) is 10.6. The largest absolute Gasteiger partial charge is 0.462 e. The zero-order chi connectivity index (χ0) is 25.1. The van der Waals surface area contributed by atoms with Gasteiger partial charge in [0.2, 0.25) is 5.91 Å². The van der Waals surface area contributed by atoms with Crippen molar-refractivity contribution in [1.82, 2.24) is 9.88 Å². The van der Waals surface area contributed by atoms with E-state index in [9.17, 15) is 14.0 Å². The summed E-state index contributed by atoms with van der Waals surface area (Å²) in [6.07, 6.45) is 1.91. The molecule has 0 radical (unpaired) electrons. The maximum atomic E-state index is 13.4. The number of anilines is 1. The minimum atomic E-state index is -0.509. The molecule has 36 heavy (non-hydrogen) atoms. The molecule has 0 spiro atoms. The number of likely N-dealkylation sites (tertiary alicyclic amines) is 1. The van der Waals surface area contributed by atoms with E-state index in [1.807, 2.05) is 18.2 Å². The maximum absolute atomic E-state index is 13.4. The first-order valence-electron chi connectivity index (χ1n) is 11.9. The highest BCUT2D eigenvalue weighted by atomic mass is 32.1. The number of benzene rings is 2. The molecule has 0 bridgehead atoms. The van der Waals surface area contributed by atoms with Gasteiger partial charge in [-0.05, 0) is 62.7 Å². The molecule has 1 aliphatic rings. The summed E-state index contributed by atoms with van der Waals surface area (Å²) in [4.78, 5) is 32.6. The number of rotatable bonds is 7. The lowest BCUT2D eigenvalue weighted by Gasteiger charge is -2.30. The van der Waals surface area contributed by atoms with Crippen LogP contribution in [0.4, 0.5) is 9.39 Å². The number of ether oxygens (including phenoxy) is 1. The van der Waals surface area contributed by atoms with Crippen molar-refractivity contribution < 1.29 is 18.7 Å². The van der Waals surface area contributed by atoms with Crippen LogP contribution < -0.4 is 5.32 Å². The molecular weight excluding hydrogens is 497 g/mol. The molecule has 0 saturated carbocycles. The smallest absolute Gasteiger partial charge is 0.341 e. The highest BCUT2D eigenvalue weighted by molar-refractivity contribution is 7.18. The van der Waals surface area contributed by atoms with Crippen LogP contribution >= 0.6 is 22.7 Å². The molecule has 3 heterocycles. The number of carbonyl (C=O) groups excluding carboxylic acids is 2. The molecule has 6 nitrogen and oxygen atoms in total. The third-order valence-electron chi connectivity index (χ3n) is 6.29. The predicted molar refractivity (Wildman–Crippen MR) is 142 cm³/mol. The number of thiazole rings is 1. The standard InChI is InChI=1S/C27H26FN3O3S2/c1-2-34-27(33)24-20(17-7-9-19(28)10-8-17)16-35-26(24)30-23(32)15-31-13-11-18(12-14-31)25-29-21-5-3-4-6-22(21)36-25/h3-10,16,18H,2,11-15H2,1H3,(H,30,32). The number of fused-ring (bicyclic) bond motifs is 1. The van der Waals surface area contributed by atoms with Gasteiger partial charge in [-0.1, -0.05) is 24.3 Å². The van der Waals surface area contributed by atoms with Gasteiger partial charge in [0, 0.05) is 16.9 Å². The molecule has 0 unspecified atom stereocenters. The van der Waals surface area contributed by atoms with Crippen LogP contribution in [0.1, 0.15) is 41.0 Å². The Hall–Kier alpha value is -3.14. The lowest BCUT2D eigenvalue weighted by molar-refractivity contribution is -0.117. The van der Waals surface area contributed by atoms with Crippen LogP contribution in [-0.2, 0) is 9.53 Å². The lowest BCUT2D eigenvalue weighted by atomic mass is 9.97. The zero-order valence-electron chi connectivity index (χ0n) is 19.8. The van der Waals surface area contributed by atoms with Crippen molar-refractivity contribution >= 4 is 49.8 Å². The van der Waals surface area contributed by atoms with Crippen LogP contribution in [-0.4, -0.2) is 48.0 Å². The number of thiophene rings is 1. The third kappa shape index (κ3) is 5.33. The van der Waals surface area contributed by atoms with E-state index < -0.39 is 5.97 Å². The van der Waals surface area contributed by atoms with E-state index in [1.165, 1.54) is 33.2 Å². The number of para-hydroxylation sites is 1. The van der Waals surface area contributed by atoms with Crippen LogP contribution in [0.15, 0.2) is 53.9 Å². The van der Waals surface area contributed by atoms with Crippen molar-refractivity contribution in [2.24, 2.45) is 0 Å². The summed E-state index contributed by atoms with van der Waals surface area (Å²) in [6, 6.07) is 14.1. The monoisotopic (exact) mass is 523 g/mol. The zero-order valence-corrected chi connectivity index (χ0v) is 21.5. The molecule has 2 aromatic heterocycles. The van der Waals surface area contributed by atoms with Crippen LogP contribution in [0.25, 0.3) is 21.3 Å². The number of hydrogen-bond acceptors (Lipinski definition) is 7. The molecule has 1 aliphatic heterocycles. The summed E-state index contributed by atoms with van der Waals surface area (Å²) in [7, 11) is 0. The van der Waals surface area contributed by atoms with Gasteiger partial charge >= 0.3 is 5.97 Å². The highest BCUT2D eigenvalue weighted by Crippen LogP contribution is 2.37. The molecule has 1 saturated heterocycles. The molecule has 0 atom stereocenters. The SMILES string of the molecule is CCOC(=O)c1c(-c2ccc(F)cc2)csc1NC(=O)CN1CCC(c2nc3ccccc3s2)CC1. The summed E-state index contributed by atoms with van der Waals surface area (Å²) < 4.78 is 19.9. The predicted octanol–water partition coefficient (Wildman–Crippen LogP) is 6.16. The highest BCUT2D eigenvalue weighted by Gasteiger charge is 2.26. The van der Waals surface area contributed by atoms with Gasteiger partial charge in [0.05, 0.1) is 28.4 Å². The average Bonchev–Trinajstić information content (AvgIpc) is 3.49. The normalized spacial score (nSPS) is 14.7. The summed E-state index contributed by atoms with van der Waals surface area (Å²) >= 11 is 3.03. The first-order chi connectivity index (χ1) is 17.5. The Morgan fingerprint density at radius 2 is 1.89 bits per heavy atom. The molecule has 1 N–H and O–H groups in total. The first-order valence-corrected chi connectivity index (χ1v) is 13.6. The molecule has 2 aromatic carbocycles. The summed E-state index contributed by atoms with van der Waals surface area (Å²) in [5.41, 5.74) is 2.66. The van der Waals surface area contributed by atoms with E-state index in [1.54, 1.807) is 35.8 Å². The second-order valence-electron chi connectivity index (χ2n) is 8.70. The molecule has 1 amide bonds. The van der Waals surface area contributed by atoms with Crippen LogP contribution in [0, 0.1) is 5.82 Å². The van der Waals surface area contributed by atoms with Crippen molar-refractivity contribution in [2.45, 2.75) is 25.7 Å². The number of hydrogen-bond donors (Lipinski definition) is 1. The Morgan fingerprint density at radius 3 is 2.61 bits per heavy atom. The Morgan fingerprint density at radius 1 is 1.14 bits per heavy atom. The van der Waals surface area contributed by atoms with E-state index in [4.69, 9.17) is 9.72 Å². The second kappa shape index (κ2) is 10.9. The van der Waals surface area contributed by atoms with Crippen molar-refractivity contribution in [1.29, 1.82) is 0 Å². The van der Waals surface area contributed by atoms with E-state index in [2.05, 4.69) is 16.3 Å². The lowest BCUT2D eigenvalue weighted by Crippen LogP contribution is -2.38. The van der Waals surface area contributed by atoms with E-state index in [-0.39, 0.29) is 24.9 Å². The molecular formula is C27H26FN3O3S2. The number of aromatic nitrogens is 1. The Labute approximate surface area is 216 Å². The molecule has 4 aromatic rings. The Balaban J connectivity index is 1.23. The van der Waals surface area contributed by atoms with Gasteiger partial charge in [0.25, 0.3) is 0 Å². The molecule has 0 aliphatic carbocycles. The van der Waals surface area contributed by atoms with Crippen LogP contribution in [0.2, 0.25) is 0 Å². The van der Waals surface area contributed by atoms with Crippen LogP contribution in [0.3, 0.4) is 0 Å². The number of nitrogens with one attached hydrogen (secondary N) is 1. The number of amides is 1. The molecule has 186 valence electrons. The topological polar surface area (TPSA) is 71.5 Å². The fraction of sp³-hybridized carbons (Fsp3) is 0.296. The number of esters is 1. The molecule has 1 fully saturated rings. The quantitative estimate of drug-likeness (QED) is 0.294. The summed E-state index contributed by atoms with van der Waals surface area (Å²) in [6.45, 7) is 3.82. The molecule has 9 heteroatoms. The fourth-order valence-electron chi connectivity index (χ4n) is 4.47. The number of halogens is 1. The first kappa shape index (κ1) is 24.5. The minimum Gasteiger partial charge on any atom is -0.462 e. The number of nitrogens with zero attached hydrogens (tertiary/aromatic N) is 2. The van der Waals surface area contributed by atoms with Gasteiger partial charge in [-0.3, -0.25) is 9.69 Å². The third-order valence-corrected chi connectivity index (χ3v) is 8.39. The Kier molecular flexibility index (Phi) is 7.41. The van der Waals surface area contributed by atoms with Gasteiger partial charge in [-0.2, -0.15) is 0 Å². The summed E-state index contributed by atoms with van der Waals surface area (Å²) in [5.74, 6) is -0.628. The van der Waals surface area contributed by atoms with Crippen molar-refractivity contribution in [2.75, 3.05) is 31.6 Å². The van der Waals surface area contributed by atoms with Crippen molar-refractivity contribution in [3.63, 3.8) is 0 Å². The van der Waals surface area contributed by atoms with Crippen molar-refractivity contribution in [3.05, 3.63) is 70.3 Å². The van der Waals surface area contributed by atoms with Gasteiger partial charge in [0.15, 0.2) is 0 Å².